The van der Waals surface area contributed by atoms with Crippen molar-refractivity contribution in [2.75, 3.05) is 4.90 Å². The number of nitrogens with zero attached hydrogens (tertiary/aromatic N) is 1. The molecule has 3 nitrogen and oxygen atoms in total. The van der Waals surface area contributed by atoms with Gasteiger partial charge in [0.15, 0.2) is 5.75 Å². The van der Waals surface area contributed by atoms with Crippen LogP contribution in [0.25, 0.3) is 43.4 Å². The Bertz CT molecular complexity index is 3050. The Labute approximate surface area is 333 Å². The first-order chi connectivity index (χ1) is 27.8. The predicted octanol–water partition coefficient (Wildman–Crippen LogP) is 15.1. The molecule has 9 aromatic rings. The number of hydrogen-bond acceptors (Lipinski definition) is 3. The Morgan fingerprint density at radius 3 is 1.44 bits per heavy atom. The van der Waals surface area contributed by atoms with E-state index in [9.17, 15) is 0 Å². The highest BCUT2D eigenvalue weighted by Gasteiger charge is 2.37. The first kappa shape index (κ1) is 33.5. The molecular formula is C54H41NO2. The molecule has 274 valence electrons. The van der Waals surface area contributed by atoms with Crippen molar-refractivity contribution in [3.05, 3.63) is 198 Å². The van der Waals surface area contributed by atoms with E-state index in [0.717, 1.165) is 56.8 Å². The molecule has 0 aromatic heterocycles. The molecule has 0 radical (unpaired) electrons. The molecule has 0 amide bonds. The molecule has 9 aromatic carbocycles. The molecule has 2 heterocycles. The molecule has 0 atom stereocenters. The Balaban J connectivity index is 1.11. The number of anilines is 3. The van der Waals surface area contributed by atoms with Crippen molar-refractivity contribution in [3.8, 4) is 34.1 Å². The van der Waals surface area contributed by atoms with E-state index >= 15 is 0 Å². The number of benzene rings is 9. The molecule has 11 rings (SSSR count). The average Bonchev–Trinajstić information content (AvgIpc) is 3.24. The lowest BCUT2D eigenvalue weighted by molar-refractivity contribution is 0.419. The van der Waals surface area contributed by atoms with Gasteiger partial charge in [0.05, 0.1) is 5.69 Å². The van der Waals surface area contributed by atoms with Crippen molar-refractivity contribution >= 4 is 49.4 Å². The summed E-state index contributed by atoms with van der Waals surface area (Å²) in [6.07, 6.45) is 0. The highest BCUT2D eigenvalue weighted by Crippen LogP contribution is 2.55. The van der Waals surface area contributed by atoms with E-state index in [4.69, 9.17) is 9.47 Å². The zero-order valence-corrected chi connectivity index (χ0v) is 32.5. The molecular weight excluding hydrogens is 695 g/mol. The van der Waals surface area contributed by atoms with E-state index in [1.54, 1.807) is 0 Å². The van der Waals surface area contributed by atoms with Crippen LogP contribution in [0.2, 0.25) is 0 Å². The summed E-state index contributed by atoms with van der Waals surface area (Å²) in [5.74, 6) is 3.61. The van der Waals surface area contributed by atoms with Crippen molar-refractivity contribution in [1.82, 2.24) is 0 Å². The highest BCUT2D eigenvalue weighted by atomic mass is 16.5. The van der Waals surface area contributed by atoms with Crippen LogP contribution in [0.15, 0.2) is 176 Å². The van der Waals surface area contributed by atoms with E-state index in [1.807, 2.05) is 0 Å². The SMILES string of the molecule is CC1(C)c2ccccc2Oc2c(-c3ccc(N(c4ccc5c6ccccc6c6ccccc6c5c4)c4cccc5c4Oc4ccccc4C5(C)C)cc3)cccc21. The van der Waals surface area contributed by atoms with Gasteiger partial charge in [-0.15, -0.1) is 0 Å². The van der Waals surface area contributed by atoms with Gasteiger partial charge in [-0.2, -0.15) is 0 Å². The van der Waals surface area contributed by atoms with Crippen LogP contribution in [-0.4, -0.2) is 0 Å². The normalized spacial score (nSPS) is 14.5. The first-order valence-electron chi connectivity index (χ1n) is 19.8. The molecule has 0 unspecified atom stereocenters. The van der Waals surface area contributed by atoms with Crippen LogP contribution in [0.4, 0.5) is 17.1 Å². The lowest BCUT2D eigenvalue weighted by Gasteiger charge is -2.37. The van der Waals surface area contributed by atoms with Gasteiger partial charge < -0.3 is 14.4 Å². The summed E-state index contributed by atoms with van der Waals surface area (Å²) in [4.78, 5) is 2.37. The molecule has 2 aliphatic rings. The maximum atomic E-state index is 6.93. The molecule has 0 N–H and O–H groups in total. The second kappa shape index (κ2) is 12.3. The van der Waals surface area contributed by atoms with E-state index in [0.29, 0.717) is 0 Å². The topological polar surface area (TPSA) is 21.7 Å². The van der Waals surface area contributed by atoms with Gasteiger partial charge >= 0.3 is 0 Å². The third-order valence-corrected chi connectivity index (χ3v) is 12.6. The zero-order valence-electron chi connectivity index (χ0n) is 32.5. The Kier molecular flexibility index (Phi) is 7.25. The molecule has 57 heavy (non-hydrogen) atoms. The fourth-order valence-corrected chi connectivity index (χ4v) is 9.57. The molecule has 0 spiro atoms. The molecule has 3 heteroatoms. The van der Waals surface area contributed by atoms with Crippen molar-refractivity contribution < 1.29 is 9.47 Å². The van der Waals surface area contributed by atoms with Crippen molar-refractivity contribution in [3.63, 3.8) is 0 Å². The first-order valence-corrected chi connectivity index (χ1v) is 19.8. The van der Waals surface area contributed by atoms with Crippen molar-refractivity contribution in [2.45, 2.75) is 38.5 Å². The molecule has 0 fully saturated rings. The van der Waals surface area contributed by atoms with Crippen LogP contribution in [0, 0.1) is 0 Å². The second-order valence-corrected chi connectivity index (χ2v) is 16.5. The van der Waals surface area contributed by atoms with Crippen molar-refractivity contribution in [2.24, 2.45) is 0 Å². The summed E-state index contributed by atoms with van der Waals surface area (Å²) in [6.45, 7) is 9.17. The number of rotatable bonds is 4. The van der Waals surface area contributed by atoms with Crippen LogP contribution in [0.1, 0.15) is 49.9 Å². The Morgan fingerprint density at radius 1 is 0.368 bits per heavy atom. The van der Waals surface area contributed by atoms with Gasteiger partial charge in [-0.25, -0.2) is 0 Å². The van der Waals surface area contributed by atoms with Gasteiger partial charge in [0.2, 0.25) is 0 Å². The average molecular weight is 736 g/mol. The van der Waals surface area contributed by atoms with Crippen molar-refractivity contribution in [1.29, 1.82) is 0 Å². The van der Waals surface area contributed by atoms with Crippen LogP contribution >= 0.6 is 0 Å². The summed E-state index contributed by atoms with van der Waals surface area (Å²) in [5.41, 5.74) is 9.56. The predicted molar refractivity (Wildman–Crippen MR) is 236 cm³/mol. The van der Waals surface area contributed by atoms with Crippen LogP contribution < -0.4 is 14.4 Å². The standard InChI is InChI=1S/C54H41NO2/c1-53(2)44-20-9-11-25-49(44)56-51-37(19-13-22-46(51)53)34-27-29-35(30-28-34)55(48-24-14-23-47-52(48)57-50-26-12-10-21-45(50)54(47,3)4)36-31-32-42-40-17-6-5-15-38(40)39-16-7-8-18-41(39)43(42)33-36/h5-33H,1-4H3. The number of ether oxygens (including phenoxy) is 2. The summed E-state index contributed by atoms with van der Waals surface area (Å²) < 4.78 is 13.6. The summed E-state index contributed by atoms with van der Waals surface area (Å²) >= 11 is 0. The quantitative estimate of drug-likeness (QED) is 0.168. The molecule has 0 saturated heterocycles. The Morgan fingerprint density at radius 2 is 0.825 bits per heavy atom. The minimum atomic E-state index is -0.257. The van der Waals surface area contributed by atoms with Crippen LogP contribution in [-0.2, 0) is 10.8 Å². The minimum Gasteiger partial charge on any atom is -0.456 e. The fraction of sp³-hybridized carbons (Fsp3) is 0.111. The van der Waals surface area contributed by atoms with E-state index < -0.39 is 0 Å². The van der Waals surface area contributed by atoms with Crippen LogP contribution in [0.3, 0.4) is 0 Å². The number of para-hydroxylation sites is 4. The zero-order chi connectivity index (χ0) is 38.5. The van der Waals surface area contributed by atoms with Gasteiger partial charge in [0.1, 0.15) is 17.2 Å². The summed E-state index contributed by atoms with van der Waals surface area (Å²) in [6, 6.07) is 63.3. The smallest absolute Gasteiger partial charge is 0.155 e. The van der Waals surface area contributed by atoms with Gasteiger partial charge in [0, 0.05) is 50.0 Å². The third kappa shape index (κ3) is 4.98. The van der Waals surface area contributed by atoms with Gasteiger partial charge in [-0.3, -0.25) is 0 Å². The van der Waals surface area contributed by atoms with E-state index in [2.05, 4.69) is 209 Å². The van der Waals surface area contributed by atoms with Gasteiger partial charge in [-0.1, -0.05) is 161 Å². The van der Waals surface area contributed by atoms with E-state index in [1.165, 1.54) is 49.0 Å². The van der Waals surface area contributed by atoms with Crippen LogP contribution in [0.5, 0.6) is 23.0 Å². The lowest BCUT2D eigenvalue weighted by atomic mass is 9.75. The summed E-state index contributed by atoms with van der Waals surface area (Å²) in [5, 5.41) is 7.48. The summed E-state index contributed by atoms with van der Waals surface area (Å²) in [7, 11) is 0. The molecule has 0 aliphatic carbocycles. The maximum absolute atomic E-state index is 6.93. The third-order valence-electron chi connectivity index (χ3n) is 12.6. The molecule has 0 bridgehead atoms. The monoisotopic (exact) mass is 735 g/mol. The lowest BCUT2D eigenvalue weighted by Crippen LogP contribution is -2.25. The highest BCUT2D eigenvalue weighted by molar-refractivity contribution is 6.25. The van der Waals surface area contributed by atoms with Gasteiger partial charge in [-0.05, 0) is 80.3 Å². The van der Waals surface area contributed by atoms with E-state index in [-0.39, 0.29) is 10.8 Å². The largest absolute Gasteiger partial charge is 0.456 e. The van der Waals surface area contributed by atoms with Gasteiger partial charge in [0.25, 0.3) is 0 Å². The number of hydrogen-bond donors (Lipinski definition) is 0. The molecule has 0 saturated carbocycles. The minimum absolute atomic E-state index is 0.193. The second-order valence-electron chi connectivity index (χ2n) is 16.5. The number of fused-ring (bicyclic) bond motifs is 10. The fourth-order valence-electron chi connectivity index (χ4n) is 9.57. The maximum Gasteiger partial charge on any atom is 0.155 e. The molecule has 2 aliphatic heterocycles. The Hall–Kier alpha value is -6.84.